The van der Waals surface area contributed by atoms with Crippen molar-refractivity contribution in [2.45, 2.75) is 25.3 Å². The Hall–Kier alpha value is -2.21. The predicted molar refractivity (Wildman–Crippen MR) is 87.7 cm³/mol. The van der Waals surface area contributed by atoms with E-state index in [9.17, 15) is 9.59 Å². The molecule has 23 heavy (non-hydrogen) atoms. The molecule has 0 saturated heterocycles. The highest BCUT2D eigenvalue weighted by Crippen LogP contribution is 2.27. The molecule has 1 aromatic carbocycles. The van der Waals surface area contributed by atoms with E-state index >= 15 is 0 Å². The van der Waals surface area contributed by atoms with E-state index in [1.807, 2.05) is 24.4 Å². The van der Waals surface area contributed by atoms with Crippen LogP contribution in [0, 0.1) is 5.92 Å². The summed E-state index contributed by atoms with van der Waals surface area (Å²) in [4.78, 5) is 25.7. The maximum Gasteiger partial charge on any atom is 0.315 e. The number of carboxylic acids is 1. The average Bonchev–Trinajstić information content (AvgIpc) is 2.84. The van der Waals surface area contributed by atoms with E-state index in [1.54, 1.807) is 0 Å². The van der Waals surface area contributed by atoms with Crippen LogP contribution in [0.2, 0.25) is 5.02 Å². The van der Waals surface area contributed by atoms with Crippen molar-refractivity contribution >= 4 is 34.5 Å². The summed E-state index contributed by atoms with van der Waals surface area (Å²) in [5.41, 5.74) is 2.11. The van der Waals surface area contributed by atoms with Gasteiger partial charge in [0.05, 0.1) is 5.92 Å². The van der Waals surface area contributed by atoms with Gasteiger partial charge < -0.3 is 20.7 Å². The molecule has 0 unspecified atom stereocenters. The molecule has 1 aromatic heterocycles. The molecule has 7 heteroatoms. The number of carbonyl (C=O) groups is 2. The number of aromatic amines is 1. The van der Waals surface area contributed by atoms with E-state index < -0.39 is 5.97 Å². The van der Waals surface area contributed by atoms with Gasteiger partial charge in [0.15, 0.2) is 0 Å². The van der Waals surface area contributed by atoms with Crippen LogP contribution in [0.25, 0.3) is 10.9 Å². The van der Waals surface area contributed by atoms with Crippen molar-refractivity contribution < 1.29 is 14.7 Å². The van der Waals surface area contributed by atoms with Gasteiger partial charge in [-0.2, -0.15) is 0 Å². The SMILES string of the molecule is O=C(NCCc1c[nH]c2ccc(Cl)cc12)NC1CC(C(=O)O)C1. The zero-order valence-corrected chi connectivity index (χ0v) is 13.2. The number of nitrogens with one attached hydrogen (secondary N) is 3. The number of urea groups is 1. The average molecular weight is 336 g/mol. The van der Waals surface area contributed by atoms with Gasteiger partial charge in [-0.25, -0.2) is 4.79 Å². The first-order chi connectivity index (χ1) is 11.0. The predicted octanol–water partition coefficient (Wildman–Crippen LogP) is 2.53. The highest BCUT2D eigenvalue weighted by atomic mass is 35.5. The summed E-state index contributed by atoms with van der Waals surface area (Å²) < 4.78 is 0. The lowest BCUT2D eigenvalue weighted by molar-refractivity contribution is -0.145. The van der Waals surface area contributed by atoms with E-state index in [4.69, 9.17) is 16.7 Å². The van der Waals surface area contributed by atoms with Crippen molar-refractivity contribution in [2.24, 2.45) is 5.92 Å². The molecule has 0 spiro atoms. The van der Waals surface area contributed by atoms with E-state index in [0.717, 1.165) is 16.5 Å². The van der Waals surface area contributed by atoms with Gasteiger partial charge in [0.2, 0.25) is 0 Å². The van der Waals surface area contributed by atoms with Crippen molar-refractivity contribution in [1.29, 1.82) is 0 Å². The molecular weight excluding hydrogens is 318 g/mol. The number of carbonyl (C=O) groups excluding carboxylic acids is 1. The first-order valence-electron chi connectivity index (χ1n) is 7.55. The van der Waals surface area contributed by atoms with Crippen LogP contribution in [0.4, 0.5) is 4.79 Å². The number of hydrogen-bond acceptors (Lipinski definition) is 2. The largest absolute Gasteiger partial charge is 0.481 e. The molecule has 122 valence electrons. The fraction of sp³-hybridized carbons (Fsp3) is 0.375. The van der Waals surface area contributed by atoms with Crippen molar-refractivity contribution in [3.63, 3.8) is 0 Å². The van der Waals surface area contributed by atoms with Crippen LogP contribution in [-0.2, 0) is 11.2 Å². The maximum absolute atomic E-state index is 11.8. The number of amides is 2. The molecule has 4 N–H and O–H groups in total. The molecule has 1 aliphatic carbocycles. The first kappa shape index (κ1) is 15.7. The molecule has 6 nitrogen and oxygen atoms in total. The summed E-state index contributed by atoms with van der Waals surface area (Å²) in [6, 6.07) is 5.37. The van der Waals surface area contributed by atoms with E-state index in [-0.39, 0.29) is 18.0 Å². The number of H-pyrrole nitrogens is 1. The molecule has 0 aliphatic heterocycles. The van der Waals surface area contributed by atoms with Crippen LogP contribution < -0.4 is 10.6 Å². The van der Waals surface area contributed by atoms with Gasteiger partial charge in [-0.15, -0.1) is 0 Å². The van der Waals surface area contributed by atoms with E-state index in [0.29, 0.717) is 30.8 Å². The highest BCUT2D eigenvalue weighted by Gasteiger charge is 2.35. The van der Waals surface area contributed by atoms with Gasteiger partial charge >= 0.3 is 12.0 Å². The number of rotatable bonds is 5. The highest BCUT2D eigenvalue weighted by molar-refractivity contribution is 6.31. The molecule has 1 fully saturated rings. The second-order valence-corrected chi connectivity index (χ2v) is 6.29. The van der Waals surface area contributed by atoms with Crippen LogP contribution in [0.15, 0.2) is 24.4 Å². The Morgan fingerprint density at radius 1 is 1.35 bits per heavy atom. The normalized spacial score (nSPS) is 20.0. The number of halogens is 1. The minimum absolute atomic E-state index is 0.0389. The molecule has 2 aromatic rings. The fourth-order valence-electron chi connectivity index (χ4n) is 2.84. The Kier molecular flexibility index (Phi) is 4.43. The summed E-state index contributed by atoms with van der Waals surface area (Å²) in [7, 11) is 0. The van der Waals surface area contributed by atoms with Gasteiger partial charge in [-0.3, -0.25) is 4.79 Å². The molecule has 2 amide bonds. The lowest BCUT2D eigenvalue weighted by Crippen LogP contribution is -2.50. The second kappa shape index (κ2) is 6.50. The monoisotopic (exact) mass is 335 g/mol. The van der Waals surface area contributed by atoms with Gasteiger partial charge in [0.1, 0.15) is 0 Å². The van der Waals surface area contributed by atoms with Crippen molar-refractivity contribution in [2.75, 3.05) is 6.54 Å². The third-order valence-corrected chi connectivity index (χ3v) is 4.47. The third kappa shape index (κ3) is 3.59. The first-order valence-corrected chi connectivity index (χ1v) is 7.93. The van der Waals surface area contributed by atoms with Crippen LogP contribution in [0.5, 0.6) is 0 Å². The summed E-state index contributed by atoms with van der Waals surface area (Å²) in [6.07, 6.45) is 3.62. The second-order valence-electron chi connectivity index (χ2n) is 5.86. The summed E-state index contributed by atoms with van der Waals surface area (Å²) in [5.74, 6) is -1.11. The van der Waals surface area contributed by atoms with Gasteiger partial charge in [-0.05, 0) is 43.0 Å². The van der Waals surface area contributed by atoms with Crippen molar-refractivity contribution in [1.82, 2.24) is 15.6 Å². The smallest absolute Gasteiger partial charge is 0.315 e. The number of aromatic nitrogens is 1. The lowest BCUT2D eigenvalue weighted by Gasteiger charge is -2.32. The third-order valence-electron chi connectivity index (χ3n) is 4.23. The fourth-order valence-corrected chi connectivity index (χ4v) is 3.01. The van der Waals surface area contributed by atoms with Gasteiger partial charge in [0.25, 0.3) is 0 Å². The Bertz CT molecular complexity index is 737. The Morgan fingerprint density at radius 3 is 2.87 bits per heavy atom. The Labute approximate surface area is 138 Å². The summed E-state index contributed by atoms with van der Waals surface area (Å²) in [6.45, 7) is 0.500. The molecule has 1 saturated carbocycles. The van der Waals surface area contributed by atoms with Crippen LogP contribution in [0.3, 0.4) is 0 Å². The number of fused-ring (bicyclic) bond motifs is 1. The molecule has 0 atom stereocenters. The minimum Gasteiger partial charge on any atom is -0.481 e. The summed E-state index contributed by atoms with van der Waals surface area (Å²) in [5, 5.41) is 16.1. The minimum atomic E-state index is -0.790. The quantitative estimate of drug-likeness (QED) is 0.676. The maximum atomic E-state index is 11.8. The molecule has 3 rings (SSSR count). The Morgan fingerprint density at radius 2 is 2.13 bits per heavy atom. The number of hydrogen-bond donors (Lipinski definition) is 4. The van der Waals surface area contributed by atoms with Crippen molar-refractivity contribution in [3.05, 3.63) is 35.0 Å². The van der Waals surface area contributed by atoms with Crippen molar-refractivity contribution in [3.8, 4) is 0 Å². The van der Waals surface area contributed by atoms with E-state index in [2.05, 4.69) is 15.6 Å². The van der Waals surface area contributed by atoms with Crippen LogP contribution in [0.1, 0.15) is 18.4 Å². The Balaban J connectivity index is 1.45. The molecule has 1 heterocycles. The molecule has 0 bridgehead atoms. The number of benzene rings is 1. The topological polar surface area (TPSA) is 94.2 Å². The molecule has 0 radical (unpaired) electrons. The van der Waals surface area contributed by atoms with Crippen LogP contribution in [-0.4, -0.2) is 34.7 Å². The number of carboxylic acid groups (broad SMARTS) is 1. The number of aliphatic carboxylic acids is 1. The zero-order chi connectivity index (χ0) is 16.4. The standard InChI is InChI=1S/C16H18ClN3O3/c17-11-1-2-14-13(7-11)9(8-19-14)3-4-18-16(23)20-12-5-10(6-12)15(21)22/h1-2,7-8,10,12,19H,3-6H2,(H,21,22)(H2,18,20,23). The van der Waals surface area contributed by atoms with Gasteiger partial charge in [-0.1, -0.05) is 11.6 Å². The molecular formula is C16H18ClN3O3. The lowest BCUT2D eigenvalue weighted by atomic mass is 9.80. The van der Waals surface area contributed by atoms with Gasteiger partial charge in [0, 0.05) is 34.7 Å². The summed E-state index contributed by atoms with van der Waals surface area (Å²) >= 11 is 6.01. The van der Waals surface area contributed by atoms with Crippen LogP contribution >= 0.6 is 11.6 Å². The molecule has 1 aliphatic rings. The van der Waals surface area contributed by atoms with E-state index in [1.165, 1.54) is 0 Å². The zero-order valence-electron chi connectivity index (χ0n) is 12.4.